The van der Waals surface area contributed by atoms with Crippen LogP contribution in [0.15, 0.2) is 110 Å². The second-order valence-corrected chi connectivity index (χ2v) is 12.6. The molecule has 4 aromatic carbocycles. The van der Waals surface area contributed by atoms with E-state index in [9.17, 15) is 0 Å². The van der Waals surface area contributed by atoms with Crippen LogP contribution >= 0.6 is 0 Å². The van der Waals surface area contributed by atoms with E-state index < -0.39 is 15.1 Å². The molecule has 0 aliphatic carbocycles. The van der Waals surface area contributed by atoms with Crippen LogP contribution in [-0.4, -0.2) is 30.1 Å². The average molecular weight is 610 g/mol. The van der Waals surface area contributed by atoms with Crippen LogP contribution in [0.1, 0.15) is 33.4 Å². The van der Waals surface area contributed by atoms with Gasteiger partial charge in [-0.1, -0.05) is 72.9 Å². The predicted molar refractivity (Wildman–Crippen MR) is 186 cm³/mol. The maximum absolute atomic E-state index is 6.64. The zero-order valence-corrected chi connectivity index (χ0v) is 25.7. The molecule has 0 radical (unpaired) electrons. The molecular weight excluding hydrogens is 585 g/mol. The lowest BCUT2D eigenvalue weighted by Gasteiger charge is -2.19. The normalized spacial score (nSPS) is 14.8. The summed E-state index contributed by atoms with van der Waals surface area (Å²) in [5.41, 5.74) is 8.39. The summed E-state index contributed by atoms with van der Waals surface area (Å²) < 4.78 is 19.9. The molecule has 0 N–H and O–H groups in total. The number of nitrogens with zero attached hydrogens (tertiary/aromatic N) is 3. The van der Waals surface area contributed by atoms with Gasteiger partial charge in [-0.3, -0.25) is 15.0 Å². The van der Waals surface area contributed by atoms with Crippen molar-refractivity contribution in [3.63, 3.8) is 0 Å². The monoisotopic (exact) mass is 609 g/mol. The molecular formula is C39H24AlN3O3. The van der Waals surface area contributed by atoms with E-state index in [1.165, 1.54) is 0 Å². The molecule has 19 rings (SSSR count). The zero-order valence-electron chi connectivity index (χ0n) is 24.5. The van der Waals surface area contributed by atoms with Gasteiger partial charge in [-0.05, 0) is 88.0 Å². The fraction of sp³-hybridized carbons (Fsp3) is 0. The highest BCUT2D eigenvalue weighted by Crippen LogP contribution is 2.32. The molecule has 12 aliphatic heterocycles. The molecule has 0 saturated heterocycles. The molecule has 0 atom stereocenters. The summed E-state index contributed by atoms with van der Waals surface area (Å²) in [6, 6.07) is 30.6. The van der Waals surface area contributed by atoms with Gasteiger partial charge in [-0.15, -0.1) is 0 Å². The molecule has 7 heteroatoms. The average Bonchev–Trinajstić information content (AvgIpc) is 3.08. The lowest BCUT2D eigenvalue weighted by atomic mass is 10.0. The Morgan fingerprint density at radius 1 is 0.370 bits per heavy atom. The Bertz CT molecular complexity index is 2150. The highest BCUT2D eigenvalue weighted by molar-refractivity contribution is 6.40. The van der Waals surface area contributed by atoms with E-state index in [0.717, 1.165) is 66.1 Å². The Morgan fingerprint density at radius 3 is 1.04 bits per heavy atom. The summed E-state index contributed by atoms with van der Waals surface area (Å²) in [7, 11) is 0. The number of hydrogen-bond donors (Lipinski definition) is 0. The van der Waals surface area contributed by atoms with Crippen LogP contribution in [0, 0.1) is 0 Å². The van der Waals surface area contributed by atoms with Gasteiger partial charge in [0.05, 0.1) is 0 Å². The first-order chi connectivity index (χ1) is 22.7. The number of para-hydroxylation sites is 3. The lowest BCUT2D eigenvalue weighted by molar-refractivity contribution is 0.311. The maximum Gasteiger partial charge on any atom is 1.20 e. The Morgan fingerprint density at radius 2 is 0.696 bits per heavy atom. The molecule has 12 aliphatic rings. The smallest absolute Gasteiger partial charge is 0.576 e. The van der Waals surface area contributed by atoms with Crippen LogP contribution in [-0.2, 0) is 0 Å². The minimum atomic E-state index is -3.00. The summed E-state index contributed by atoms with van der Waals surface area (Å²) in [4.78, 5) is 14.5. The van der Waals surface area contributed by atoms with Gasteiger partial charge < -0.3 is 11.4 Å². The van der Waals surface area contributed by atoms with Crippen LogP contribution in [0.5, 0.6) is 17.2 Å². The van der Waals surface area contributed by atoms with Crippen molar-refractivity contribution in [3.8, 4) is 17.2 Å². The van der Waals surface area contributed by atoms with E-state index in [1.54, 1.807) is 0 Å². The van der Waals surface area contributed by atoms with Crippen molar-refractivity contribution in [1.29, 1.82) is 0 Å². The third-order valence-electron chi connectivity index (χ3n) is 8.16. The summed E-state index contributed by atoms with van der Waals surface area (Å²) in [5.74, 6) is 1.77. The quantitative estimate of drug-likeness (QED) is 0.160. The molecule has 216 valence electrons. The van der Waals surface area contributed by atoms with Crippen molar-refractivity contribution < 1.29 is 11.4 Å². The first kappa shape index (κ1) is 26.6. The molecule has 6 nitrogen and oxygen atoms in total. The highest BCUT2D eigenvalue weighted by atomic mass is 27.3. The van der Waals surface area contributed by atoms with Crippen molar-refractivity contribution in [2.24, 2.45) is 0 Å². The van der Waals surface area contributed by atoms with Gasteiger partial charge >= 0.3 is 15.1 Å². The molecule has 0 spiro atoms. The topological polar surface area (TPSA) is 66.4 Å². The minimum absolute atomic E-state index is 0.590. The number of hydrogen-bond acceptors (Lipinski definition) is 6. The lowest BCUT2D eigenvalue weighted by Crippen LogP contribution is -2.37. The number of aromatic nitrogens is 3. The minimum Gasteiger partial charge on any atom is -0.576 e. The van der Waals surface area contributed by atoms with E-state index in [0.29, 0.717) is 17.2 Å². The summed E-state index contributed by atoms with van der Waals surface area (Å²) in [6.07, 6.45) is 18.2. The van der Waals surface area contributed by atoms with E-state index in [4.69, 9.17) is 26.3 Å². The van der Waals surface area contributed by atoms with Gasteiger partial charge in [0, 0.05) is 34.7 Å². The summed E-state index contributed by atoms with van der Waals surface area (Å²) in [6.45, 7) is 0. The van der Waals surface area contributed by atoms with Crippen LogP contribution < -0.4 is 11.4 Å². The van der Waals surface area contributed by atoms with E-state index in [1.807, 2.05) is 73.2 Å². The van der Waals surface area contributed by atoms with Crippen LogP contribution in [0.2, 0.25) is 0 Å². The van der Waals surface area contributed by atoms with Crippen LogP contribution in [0.25, 0.3) is 69.2 Å². The standard InChI is InChI=1S/C39H27N3O3.Al/c43-34-7-1-4-31-19-28(22-40-37(31)34)13-10-25-16-26(11-14-29-20-32-5-2-8-35(44)38(32)41-23-29)18-27(17-25)12-15-30-21-33-6-3-9-36(45)39(33)42-24-30;/h1-24,43-45H;/q;+3/p-3/b13-10-,14-11-,15-12?;. The Balaban J connectivity index is 1.34. The highest BCUT2D eigenvalue weighted by Gasteiger charge is 2.46. The van der Waals surface area contributed by atoms with Gasteiger partial charge in [0.15, 0.2) is 0 Å². The largest absolute Gasteiger partial charge is 1.20 e. The molecule has 0 fully saturated rings. The van der Waals surface area contributed by atoms with Crippen molar-refractivity contribution >= 4 is 84.3 Å². The maximum atomic E-state index is 6.64. The van der Waals surface area contributed by atoms with Gasteiger partial charge in [-0.25, -0.2) is 0 Å². The Labute approximate surface area is 270 Å². The Kier molecular flexibility index (Phi) is 6.38. The Hall–Kier alpha value is -5.74. The van der Waals surface area contributed by atoms with E-state index >= 15 is 0 Å². The second-order valence-electron chi connectivity index (χ2n) is 11.4. The molecule has 3 aromatic heterocycles. The zero-order chi connectivity index (χ0) is 30.5. The van der Waals surface area contributed by atoms with E-state index in [-0.39, 0.29) is 0 Å². The van der Waals surface area contributed by atoms with Crippen molar-refractivity contribution in [2.45, 2.75) is 0 Å². The van der Waals surface area contributed by atoms with Crippen molar-refractivity contribution in [3.05, 3.63) is 143 Å². The van der Waals surface area contributed by atoms with Crippen molar-refractivity contribution in [2.75, 3.05) is 0 Å². The third-order valence-corrected chi connectivity index (χ3v) is 9.50. The SMILES string of the molecule is C1=Cc2cnc3c(cccc3c2)[O][Al]2[O]c3cccc4cc(cnc34)/C=C\c3cc1cc(c3)/C=C\c1cnc3c(cccc3c1)[O]2. The fourth-order valence-corrected chi connectivity index (χ4v) is 7.30. The second kappa shape index (κ2) is 11.0. The number of rotatable bonds is 0. The molecule has 0 amide bonds. The first-order valence-electron chi connectivity index (χ1n) is 15.1. The summed E-state index contributed by atoms with van der Waals surface area (Å²) in [5, 5.41) is 2.86. The molecule has 7 aromatic rings. The van der Waals surface area contributed by atoms with Gasteiger partial charge in [-0.2, -0.15) is 0 Å². The molecule has 0 unspecified atom stereocenters. The number of benzene rings is 4. The summed E-state index contributed by atoms with van der Waals surface area (Å²) >= 11 is -3.00. The molecule has 46 heavy (non-hydrogen) atoms. The van der Waals surface area contributed by atoms with Crippen molar-refractivity contribution in [1.82, 2.24) is 15.0 Å². The van der Waals surface area contributed by atoms with Gasteiger partial charge in [0.25, 0.3) is 0 Å². The van der Waals surface area contributed by atoms with Crippen LogP contribution in [0.3, 0.4) is 0 Å². The van der Waals surface area contributed by atoms with Gasteiger partial charge in [0.2, 0.25) is 0 Å². The predicted octanol–water partition coefficient (Wildman–Crippen LogP) is 8.99. The molecule has 0 saturated carbocycles. The van der Waals surface area contributed by atoms with Gasteiger partial charge in [0.1, 0.15) is 33.8 Å². The fourth-order valence-electron chi connectivity index (χ4n) is 5.96. The van der Waals surface area contributed by atoms with Crippen LogP contribution in [0.4, 0.5) is 0 Å². The molecule has 15 heterocycles. The molecule has 16 bridgehead atoms. The third kappa shape index (κ3) is 5.08. The number of pyridine rings is 3. The first-order valence-corrected chi connectivity index (χ1v) is 16.5. The van der Waals surface area contributed by atoms with E-state index in [2.05, 4.69) is 72.9 Å².